The molecule has 2 aromatic rings. The molecular weight excluding hydrogens is 246 g/mol. The van der Waals surface area contributed by atoms with E-state index in [1.807, 2.05) is 32.0 Å². The third-order valence-corrected chi connectivity index (χ3v) is 3.01. The van der Waals surface area contributed by atoms with Gasteiger partial charge in [-0.15, -0.1) is 0 Å². The summed E-state index contributed by atoms with van der Waals surface area (Å²) in [6.07, 6.45) is 0. The van der Waals surface area contributed by atoms with Gasteiger partial charge in [-0.1, -0.05) is 17.7 Å². The zero-order valence-electron chi connectivity index (χ0n) is 11.1. The van der Waals surface area contributed by atoms with Crippen molar-refractivity contribution in [3.63, 3.8) is 0 Å². The highest BCUT2D eigenvalue weighted by atomic mass is 19.2. The summed E-state index contributed by atoms with van der Waals surface area (Å²) in [6.45, 7) is 3.91. The van der Waals surface area contributed by atoms with E-state index in [-0.39, 0.29) is 5.69 Å². The van der Waals surface area contributed by atoms with Crippen LogP contribution in [0, 0.1) is 25.5 Å². The molecule has 0 spiro atoms. The fraction of sp³-hybridized carbons (Fsp3) is 0.200. The van der Waals surface area contributed by atoms with Crippen molar-refractivity contribution in [3.8, 4) is 0 Å². The van der Waals surface area contributed by atoms with E-state index in [2.05, 4.69) is 10.6 Å². The smallest absolute Gasteiger partial charge is 0.184 e. The van der Waals surface area contributed by atoms with Gasteiger partial charge < -0.3 is 10.6 Å². The molecule has 2 N–H and O–H groups in total. The van der Waals surface area contributed by atoms with Crippen LogP contribution in [0.3, 0.4) is 0 Å². The largest absolute Gasteiger partial charge is 0.386 e. The molecule has 0 radical (unpaired) electrons. The molecule has 0 aliphatic rings. The van der Waals surface area contributed by atoms with Crippen molar-refractivity contribution < 1.29 is 8.78 Å². The lowest BCUT2D eigenvalue weighted by molar-refractivity contribution is 0.512. The molecule has 0 aliphatic carbocycles. The number of halogens is 2. The number of benzene rings is 2. The third kappa shape index (κ3) is 2.67. The van der Waals surface area contributed by atoms with Crippen LogP contribution in [0.5, 0.6) is 0 Å². The quantitative estimate of drug-likeness (QED) is 0.858. The van der Waals surface area contributed by atoms with Crippen LogP contribution in [-0.4, -0.2) is 7.05 Å². The van der Waals surface area contributed by atoms with Crippen molar-refractivity contribution >= 4 is 17.1 Å². The minimum Gasteiger partial charge on any atom is -0.386 e. The molecule has 2 rings (SSSR count). The number of hydrogen-bond donors (Lipinski definition) is 2. The molecular formula is C15H16F2N2. The van der Waals surface area contributed by atoms with Gasteiger partial charge in [0.15, 0.2) is 11.6 Å². The van der Waals surface area contributed by atoms with Crippen molar-refractivity contribution in [2.45, 2.75) is 13.8 Å². The molecule has 0 saturated carbocycles. The van der Waals surface area contributed by atoms with E-state index in [1.165, 1.54) is 6.07 Å². The topological polar surface area (TPSA) is 24.1 Å². The number of aryl methyl sites for hydroxylation is 2. The van der Waals surface area contributed by atoms with Crippen LogP contribution in [0.15, 0.2) is 30.3 Å². The summed E-state index contributed by atoms with van der Waals surface area (Å²) < 4.78 is 27.2. The average molecular weight is 262 g/mol. The molecule has 100 valence electrons. The van der Waals surface area contributed by atoms with Gasteiger partial charge >= 0.3 is 0 Å². The molecule has 0 amide bonds. The van der Waals surface area contributed by atoms with Gasteiger partial charge in [-0.3, -0.25) is 0 Å². The average Bonchev–Trinajstić information content (AvgIpc) is 2.38. The molecule has 4 heteroatoms. The standard InChI is InChI=1S/C15H16F2N2/c1-9-4-6-12(10(2)8-9)19-15-13(18-3)7-5-11(16)14(15)17/h4-8,18-19H,1-3H3. The molecule has 0 unspecified atom stereocenters. The fourth-order valence-corrected chi connectivity index (χ4v) is 1.97. The Morgan fingerprint density at radius 2 is 1.63 bits per heavy atom. The molecule has 19 heavy (non-hydrogen) atoms. The number of anilines is 3. The molecule has 0 atom stereocenters. The Kier molecular flexibility index (Phi) is 3.69. The van der Waals surface area contributed by atoms with Gasteiger partial charge in [-0.25, -0.2) is 8.78 Å². The summed E-state index contributed by atoms with van der Waals surface area (Å²) in [5.74, 6) is -1.75. The summed E-state index contributed by atoms with van der Waals surface area (Å²) in [6, 6.07) is 8.37. The van der Waals surface area contributed by atoms with Gasteiger partial charge in [0.25, 0.3) is 0 Å². The van der Waals surface area contributed by atoms with E-state index in [4.69, 9.17) is 0 Å². The second-order valence-corrected chi connectivity index (χ2v) is 4.48. The van der Waals surface area contributed by atoms with Crippen LogP contribution < -0.4 is 10.6 Å². The summed E-state index contributed by atoms with van der Waals surface area (Å²) >= 11 is 0. The van der Waals surface area contributed by atoms with Crippen molar-refractivity contribution in [2.75, 3.05) is 17.7 Å². The van der Waals surface area contributed by atoms with Gasteiger partial charge in [0, 0.05) is 12.7 Å². The van der Waals surface area contributed by atoms with Crippen LogP contribution in [0.4, 0.5) is 25.8 Å². The highest BCUT2D eigenvalue weighted by Crippen LogP contribution is 2.31. The summed E-state index contributed by atoms with van der Waals surface area (Å²) in [4.78, 5) is 0. The zero-order valence-corrected chi connectivity index (χ0v) is 11.1. The normalized spacial score (nSPS) is 10.4. The summed E-state index contributed by atoms with van der Waals surface area (Å²) in [5, 5.41) is 5.80. The van der Waals surface area contributed by atoms with Crippen molar-refractivity contribution in [1.29, 1.82) is 0 Å². The van der Waals surface area contributed by atoms with Crippen molar-refractivity contribution in [3.05, 3.63) is 53.1 Å². The SMILES string of the molecule is CNc1ccc(F)c(F)c1Nc1ccc(C)cc1C. The van der Waals surface area contributed by atoms with Crippen molar-refractivity contribution in [1.82, 2.24) is 0 Å². The van der Waals surface area contributed by atoms with E-state index in [9.17, 15) is 8.78 Å². The maximum atomic E-state index is 13.9. The highest BCUT2D eigenvalue weighted by molar-refractivity contribution is 5.76. The van der Waals surface area contributed by atoms with Gasteiger partial charge in [0.1, 0.15) is 5.69 Å². The van der Waals surface area contributed by atoms with Crippen LogP contribution in [0.1, 0.15) is 11.1 Å². The Morgan fingerprint density at radius 3 is 2.26 bits per heavy atom. The van der Waals surface area contributed by atoms with Gasteiger partial charge in [0.2, 0.25) is 0 Å². The second-order valence-electron chi connectivity index (χ2n) is 4.48. The van der Waals surface area contributed by atoms with Gasteiger partial charge in [-0.2, -0.15) is 0 Å². The Bertz CT molecular complexity index is 609. The third-order valence-electron chi connectivity index (χ3n) is 3.01. The van der Waals surface area contributed by atoms with Gasteiger partial charge in [0.05, 0.1) is 5.69 Å². The maximum Gasteiger partial charge on any atom is 0.184 e. The molecule has 2 aromatic carbocycles. The second kappa shape index (κ2) is 5.26. The summed E-state index contributed by atoms with van der Waals surface area (Å²) in [7, 11) is 1.67. The number of nitrogens with one attached hydrogen (secondary N) is 2. The van der Waals surface area contributed by atoms with E-state index >= 15 is 0 Å². The molecule has 0 fully saturated rings. The maximum absolute atomic E-state index is 13.9. The predicted octanol–water partition coefficient (Wildman–Crippen LogP) is 4.37. The van der Waals surface area contributed by atoms with Crippen LogP contribution in [0.2, 0.25) is 0 Å². The lowest BCUT2D eigenvalue weighted by atomic mass is 10.1. The first-order chi connectivity index (χ1) is 9.02. The minimum absolute atomic E-state index is 0.120. The summed E-state index contributed by atoms with van der Waals surface area (Å²) in [5.41, 5.74) is 3.49. The highest BCUT2D eigenvalue weighted by Gasteiger charge is 2.13. The van der Waals surface area contributed by atoms with Crippen LogP contribution in [-0.2, 0) is 0 Å². The Balaban J connectivity index is 2.45. The first-order valence-corrected chi connectivity index (χ1v) is 6.03. The van der Waals surface area contributed by atoms with E-state index in [1.54, 1.807) is 7.05 Å². The predicted molar refractivity (Wildman–Crippen MR) is 75.1 cm³/mol. The zero-order chi connectivity index (χ0) is 14.0. The number of hydrogen-bond acceptors (Lipinski definition) is 2. The van der Waals surface area contributed by atoms with Crippen LogP contribution >= 0.6 is 0 Å². The lowest BCUT2D eigenvalue weighted by Gasteiger charge is -2.15. The molecule has 0 heterocycles. The first kappa shape index (κ1) is 13.3. The molecule has 2 nitrogen and oxygen atoms in total. The van der Waals surface area contributed by atoms with E-state index < -0.39 is 11.6 Å². The Hall–Kier alpha value is -2.10. The van der Waals surface area contributed by atoms with Gasteiger partial charge in [-0.05, 0) is 37.6 Å². The Morgan fingerprint density at radius 1 is 0.947 bits per heavy atom. The molecule has 0 aliphatic heterocycles. The van der Waals surface area contributed by atoms with E-state index in [0.717, 1.165) is 22.9 Å². The Labute approximate surface area is 111 Å². The monoisotopic (exact) mass is 262 g/mol. The van der Waals surface area contributed by atoms with E-state index in [0.29, 0.717) is 5.69 Å². The van der Waals surface area contributed by atoms with Crippen molar-refractivity contribution in [2.24, 2.45) is 0 Å². The fourth-order valence-electron chi connectivity index (χ4n) is 1.97. The minimum atomic E-state index is -0.883. The number of rotatable bonds is 3. The molecule has 0 bridgehead atoms. The van der Waals surface area contributed by atoms with Crippen LogP contribution in [0.25, 0.3) is 0 Å². The molecule has 0 aromatic heterocycles. The first-order valence-electron chi connectivity index (χ1n) is 6.03. The lowest BCUT2D eigenvalue weighted by Crippen LogP contribution is -2.03. The molecule has 0 saturated heterocycles.